The predicted octanol–water partition coefficient (Wildman–Crippen LogP) is 5.83. The van der Waals surface area contributed by atoms with Gasteiger partial charge in [0.1, 0.15) is 11.6 Å². The molecule has 0 N–H and O–H groups in total. The van der Waals surface area contributed by atoms with E-state index in [1.807, 2.05) is 36.4 Å². The minimum Gasteiger partial charge on any atom is -0.301 e. The Morgan fingerprint density at radius 3 is 2.71 bits per heavy atom. The molecule has 0 saturated heterocycles. The number of carbonyl (C=O) groups excluding carboxylic acids is 1. The molecule has 1 atom stereocenters. The Bertz CT molecular complexity index is 1150. The highest BCUT2D eigenvalue weighted by atomic mass is 32.2. The molecule has 5 nitrogen and oxygen atoms in total. The Balaban J connectivity index is 1.38. The van der Waals surface area contributed by atoms with Gasteiger partial charge in [-0.05, 0) is 30.5 Å². The molecule has 1 aliphatic rings. The summed E-state index contributed by atoms with van der Waals surface area (Å²) in [6, 6.07) is 18.6. The van der Waals surface area contributed by atoms with Crippen LogP contribution in [0.3, 0.4) is 0 Å². The Hall–Kier alpha value is -2.16. The summed E-state index contributed by atoms with van der Waals surface area (Å²) in [4.78, 5) is 17.1. The molecule has 8 heteroatoms. The van der Waals surface area contributed by atoms with Gasteiger partial charge in [0.2, 0.25) is 0 Å². The summed E-state index contributed by atoms with van der Waals surface area (Å²) in [5.41, 5.74) is 2.23. The van der Waals surface area contributed by atoms with Crippen molar-refractivity contribution in [2.24, 2.45) is 0 Å². The zero-order valence-corrected chi connectivity index (χ0v) is 19.4. The van der Waals surface area contributed by atoms with Gasteiger partial charge < -0.3 is 4.57 Å². The average Bonchev–Trinajstić information content (AvgIpc) is 3.38. The second-order valence-corrected chi connectivity index (χ2v) is 10.9. The van der Waals surface area contributed by atoms with Crippen LogP contribution in [0.15, 0.2) is 64.1 Å². The number of hydrogen-bond donors (Lipinski definition) is 0. The second kappa shape index (κ2) is 9.54. The fraction of sp³-hybridized carbons (Fsp3) is 0.304. The standard InChI is InChI=1S/C23H22N4OS3/c28-18-11-5-7-13-20(18)30-22-26-25-21(27(22)14-16-8-2-1-3-9-16)15-29-23-24-17-10-4-6-12-19(17)31-23/h1-4,6,8-10,12,20H,5,7,11,13-15H2. The third-order valence-corrected chi connectivity index (χ3v) is 8.79. The Kier molecular flexibility index (Phi) is 6.38. The lowest BCUT2D eigenvalue weighted by atomic mass is 9.99. The Morgan fingerprint density at radius 2 is 1.87 bits per heavy atom. The molecule has 0 amide bonds. The first kappa shape index (κ1) is 20.7. The van der Waals surface area contributed by atoms with E-state index in [-0.39, 0.29) is 5.25 Å². The molecule has 2 aromatic carbocycles. The summed E-state index contributed by atoms with van der Waals surface area (Å²) < 4.78 is 4.40. The molecular formula is C23H22N4OS3. The first-order valence-electron chi connectivity index (χ1n) is 10.4. The zero-order chi connectivity index (χ0) is 21.0. The quantitative estimate of drug-likeness (QED) is 0.319. The van der Waals surface area contributed by atoms with Gasteiger partial charge in [0.05, 0.1) is 27.8 Å². The number of hydrogen-bond acceptors (Lipinski definition) is 7. The van der Waals surface area contributed by atoms with Crippen molar-refractivity contribution in [2.45, 2.75) is 52.7 Å². The van der Waals surface area contributed by atoms with Crippen LogP contribution in [0.5, 0.6) is 0 Å². The van der Waals surface area contributed by atoms with Gasteiger partial charge in [-0.3, -0.25) is 4.79 Å². The van der Waals surface area contributed by atoms with Gasteiger partial charge in [-0.15, -0.1) is 21.5 Å². The van der Waals surface area contributed by atoms with Crippen molar-refractivity contribution in [1.29, 1.82) is 0 Å². The first-order valence-corrected chi connectivity index (χ1v) is 13.1. The van der Waals surface area contributed by atoms with Gasteiger partial charge in [-0.2, -0.15) is 0 Å². The normalized spacial score (nSPS) is 16.8. The van der Waals surface area contributed by atoms with E-state index in [1.54, 1.807) is 34.9 Å². The highest BCUT2D eigenvalue weighted by molar-refractivity contribution is 8.00. The molecule has 1 fully saturated rings. The molecule has 2 heterocycles. The molecule has 4 aromatic rings. The van der Waals surface area contributed by atoms with Crippen molar-refractivity contribution in [3.05, 3.63) is 66.0 Å². The van der Waals surface area contributed by atoms with Crippen LogP contribution in [-0.2, 0) is 17.1 Å². The number of rotatable bonds is 7. The SMILES string of the molecule is O=C1CCCCC1Sc1nnc(CSc2nc3ccccc3s2)n1Cc1ccccc1. The summed E-state index contributed by atoms with van der Waals surface area (Å²) in [5, 5.41) is 9.83. The van der Waals surface area contributed by atoms with Crippen LogP contribution in [0.2, 0.25) is 0 Å². The number of thioether (sulfide) groups is 2. The van der Waals surface area contributed by atoms with Crippen molar-refractivity contribution in [1.82, 2.24) is 19.7 Å². The Morgan fingerprint density at radius 1 is 1.03 bits per heavy atom. The highest BCUT2D eigenvalue weighted by Gasteiger charge is 2.26. The van der Waals surface area contributed by atoms with Gasteiger partial charge in [0, 0.05) is 6.42 Å². The van der Waals surface area contributed by atoms with E-state index < -0.39 is 0 Å². The summed E-state index contributed by atoms with van der Waals surface area (Å²) >= 11 is 4.98. The fourth-order valence-corrected chi connectivity index (χ4v) is 6.86. The molecular weight excluding hydrogens is 444 g/mol. The predicted molar refractivity (Wildman–Crippen MR) is 128 cm³/mol. The maximum atomic E-state index is 12.4. The Labute approximate surface area is 193 Å². The molecule has 158 valence electrons. The molecule has 2 aromatic heterocycles. The van der Waals surface area contributed by atoms with E-state index in [2.05, 4.69) is 33.0 Å². The van der Waals surface area contributed by atoms with Crippen LogP contribution in [0.25, 0.3) is 10.2 Å². The topological polar surface area (TPSA) is 60.7 Å². The lowest BCUT2D eigenvalue weighted by Gasteiger charge is -2.19. The maximum absolute atomic E-state index is 12.4. The van der Waals surface area contributed by atoms with Crippen molar-refractivity contribution >= 4 is 50.9 Å². The number of ketones is 1. The number of Topliss-reactive ketones (excluding diaryl/α,β-unsaturated/α-hetero) is 1. The lowest BCUT2D eigenvalue weighted by Crippen LogP contribution is -2.22. The number of aromatic nitrogens is 4. The number of nitrogens with zero attached hydrogens (tertiary/aromatic N) is 4. The van der Waals surface area contributed by atoms with Crippen LogP contribution in [-0.4, -0.2) is 30.8 Å². The van der Waals surface area contributed by atoms with Crippen LogP contribution in [0.1, 0.15) is 37.1 Å². The summed E-state index contributed by atoms with van der Waals surface area (Å²) in [5.74, 6) is 1.95. The summed E-state index contributed by atoms with van der Waals surface area (Å²) in [6.07, 6.45) is 3.73. The average molecular weight is 467 g/mol. The van der Waals surface area contributed by atoms with E-state index in [0.717, 1.165) is 40.1 Å². The van der Waals surface area contributed by atoms with Crippen LogP contribution in [0, 0.1) is 0 Å². The molecule has 1 aliphatic carbocycles. The number of para-hydroxylation sites is 1. The zero-order valence-electron chi connectivity index (χ0n) is 16.9. The van der Waals surface area contributed by atoms with Gasteiger partial charge in [0.25, 0.3) is 0 Å². The highest BCUT2D eigenvalue weighted by Crippen LogP contribution is 2.34. The van der Waals surface area contributed by atoms with Crippen molar-refractivity contribution in [3.8, 4) is 0 Å². The molecule has 0 radical (unpaired) electrons. The first-order chi connectivity index (χ1) is 15.3. The number of thiazole rings is 1. The minimum absolute atomic E-state index is 0.00256. The summed E-state index contributed by atoms with van der Waals surface area (Å²) in [7, 11) is 0. The van der Waals surface area contributed by atoms with E-state index in [0.29, 0.717) is 24.5 Å². The second-order valence-electron chi connectivity index (χ2n) is 7.53. The van der Waals surface area contributed by atoms with E-state index in [9.17, 15) is 4.79 Å². The van der Waals surface area contributed by atoms with Crippen LogP contribution >= 0.6 is 34.9 Å². The third-order valence-electron chi connectivity index (χ3n) is 5.32. The number of fused-ring (bicyclic) bond motifs is 1. The van der Waals surface area contributed by atoms with Crippen molar-refractivity contribution in [2.75, 3.05) is 0 Å². The monoisotopic (exact) mass is 466 g/mol. The van der Waals surface area contributed by atoms with E-state index in [4.69, 9.17) is 4.98 Å². The van der Waals surface area contributed by atoms with E-state index >= 15 is 0 Å². The molecule has 0 bridgehead atoms. The molecule has 0 aliphatic heterocycles. The molecule has 5 rings (SSSR count). The van der Waals surface area contributed by atoms with Gasteiger partial charge in [-0.25, -0.2) is 4.98 Å². The van der Waals surface area contributed by atoms with E-state index in [1.165, 1.54) is 10.3 Å². The van der Waals surface area contributed by atoms with Crippen LogP contribution in [0.4, 0.5) is 0 Å². The molecule has 1 saturated carbocycles. The van der Waals surface area contributed by atoms with Gasteiger partial charge in [0.15, 0.2) is 9.50 Å². The fourth-order valence-electron chi connectivity index (χ4n) is 3.68. The summed E-state index contributed by atoms with van der Waals surface area (Å²) in [6.45, 7) is 0.701. The molecule has 31 heavy (non-hydrogen) atoms. The maximum Gasteiger partial charge on any atom is 0.192 e. The van der Waals surface area contributed by atoms with Crippen LogP contribution < -0.4 is 0 Å². The number of carbonyl (C=O) groups is 1. The number of benzene rings is 2. The minimum atomic E-state index is -0.00256. The van der Waals surface area contributed by atoms with Crippen molar-refractivity contribution in [3.63, 3.8) is 0 Å². The van der Waals surface area contributed by atoms with Gasteiger partial charge >= 0.3 is 0 Å². The largest absolute Gasteiger partial charge is 0.301 e. The molecule has 1 unspecified atom stereocenters. The lowest BCUT2D eigenvalue weighted by molar-refractivity contribution is -0.119. The smallest absolute Gasteiger partial charge is 0.192 e. The third kappa shape index (κ3) is 4.86. The molecule has 0 spiro atoms. The van der Waals surface area contributed by atoms with Gasteiger partial charge in [-0.1, -0.05) is 72.4 Å². The van der Waals surface area contributed by atoms with Crippen molar-refractivity contribution < 1.29 is 4.79 Å².